The summed E-state index contributed by atoms with van der Waals surface area (Å²) in [5.74, 6) is -4.10. The first-order valence-electron chi connectivity index (χ1n) is 15.0. The van der Waals surface area contributed by atoms with Gasteiger partial charge in [-0.25, -0.2) is 4.79 Å². The van der Waals surface area contributed by atoms with E-state index in [0.717, 1.165) is 21.6 Å². The Bertz CT molecular complexity index is 1500. The number of nitrogens with one attached hydrogen (secondary N) is 1. The number of ketones is 1. The number of Topliss-reactive ketones (excluding diaryl/α,β-unsaturated/α-hetero) is 1. The van der Waals surface area contributed by atoms with Crippen LogP contribution in [0.2, 0.25) is 0 Å². The number of imide groups is 1. The molecule has 1 saturated heterocycles. The van der Waals surface area contributed by atoms with Crippen LogP contribution < -0.4 is 5.32 Å². The van der Waals surface area contributed by atoms with Crippen LogP contribution in [0.15, 0.2) is 91.0 Å². The Balaban J connectivity index is 1.34. The summed E-state index contributed by atoms with van der Waals surface area (Å²) in [7, 11) is 0. The zero-order chi connectivity index (χ0) is 32.7. The summed E-state index contributed by atoms with van der Waals surface area (Å²) in [5.41, 5.74) is 2.31. The molecule has 11 nitrogen and oxygen atoms in total. The van der Waals surface area contributed by atoms with Crippen LogP contribution in [0.1, 0.15) is 48.8 Å². The number of amides is 3. The van der Waals surface area contributed by atoms with Crippen LogP contribution in [0.3, 0.4) is 0 Å². The summed E-state index contributed by atoms with van der Waals surface area (Å²) in [5, 5.41) is 2.32. The number of rotatable bonds is 15. The standard InChI is InChI=1S/C35H36N2O9/c38-30(29-17-18-31(39)37(29)32(40)21-36-35(43)46-24-27-14-8-3-9-15-27)20-28(34(42)45-23-26-12-6-2-7-13-26)16-19-33(41)44-22-25-10-4-1-5-11-25/h1-15,28-29H,16-24H2,(H,36,43)/t28-,29+/m1/s1. The third kappa shape index (κ3) is 10.4. The molecule has 0 unspecified atom stereocenters. The monoisotopic (exact) mass is 628 g/mol. The summed E-state index contributed by atoms with van der Waals surface area (Å²) in [4.78, 5) is 77.7. The minimum Gasteiger partial charge on any atom is -0.461 e. The van der Waals surface area contributed by atoms with E-state index in [1.54, 1.807) is 48.5 Å². The lowest BCUT2D eigenvalue weighted by Gasteiger charge is -2.24. The largest absolute Gasteiger partial charge is 0.461 e. The van der Waals surface area contributed by atoms with Gasteiger partial charge in [0.15, 0.2) is 5.78 Å². The van der Waals surface area contributed by atoms with Crippen molar-refractivity contribution in [3.63, 3.8) is 0 Å². The van der Waals surface area contributed by atoms with Crippen molar-refractivity contribution in [2.24, 2.45) is 5.92 Å². The van der Waals surface area contributed by atoms with Crippen molar-refractivity contribution in [3.05, 3.63) is 108 Å². The molecule has 3 aromatic carbocycles. The number of benzene rings is 3. The number of esters is 2. The highest BCUT2D eigenvalue weighted by Crippen LogP contribution is 2.25. The van der Waals surface area contributed by atoms with Crippen molar-refractivity contribution in [1.29, 1.82) is 0 Å². The van der Waals surface area contributed by atoms with Crippen LogP contribution in [-0.2, 0) is 58.0 Å². The molecule has 0 bridgehead atoms. The van der Waals surface area contributed by atoms with Crippen molar-refractivity contribution in [2.75, 3.05) is 6.54 Å². The van der Waals surface area contributed by atoms with Gasteiger partial charge in [0.1, 0.15) is 26.4 Å². The average Bonchev–Trinajstić information content (AvgIpc) is 3.48. The smallest absolute Gasteiger partial charge is 0.407 e. The van der Waals surface area contributed by atoms with Gasteiger partial charge in [0.25, 0.3) is 0 Å². The third-order valence-electron chi connectivity index (χ3n) is 7.39. The zero-order valence-electron chi connectivity index (χ0n) is 25.3. The van der Waals surface area contributed by atoms with Crippen molar-refractivity contribution >= 4 is 35.6 Å². The first-order valence-corrected chi connectivity index (χ1v) is 15.0. The Kier molecular flexibility index (Phi) is 12.6. The van der Waals surface area contributed by atoms with Crippen LogP contribution in [0.4, 0.5) is 4.79 Å². The van der Waals surface area contributed by atoms with E-state index in [1.807, 2.05) is 42.5 Å². The van der Waals surface area contributed by atoms with E-state index in [-0.39, 0.29) is 51.9 Å². The molecule has 0 aromatic heterocycles. The first kappa shape index (κ1) is 33.6. The highest BCUT2D eigenvalue weighted by atomic mass is 16.5. The molecule has 1 N–H and O–H groups in total. The molecule has 3 aromatic rings. The van der Waals surface area contributed by atoms with Gasteiger partial charge in [-0.15, -0.1) is 0 Å². The number of ether oxygens (including phenoxy) is 3. The van der Waals surface area contributed by atoms with E-state index in [2.05, 4.69) is 5.32 Å². The van der Waals surface area contributed by atoms with Gasteiger partial charge < -0.3 is 19.5 Å². The van der Waals surface area contributed by atoms with Gasteiger partial charge in [0.2, 0.25) is 11.8 Å². The van der Waals surface area contributed by atoms with Crippen molar-refractivity contribution in [2.45, 2.75) is 58.0 Å². The summed E-state index contributed by atoms with van der Waals surface area (Å²) >= 11 is 0. The molecule has 46 heavy (non-hydrogen) atoms. The molecular weight excluding hydrogens is 592 g/mol. The molecule has 0 spiro atoms. The third-order valence-corrected chi connectivity index (χ3v) is 7.39. The lowest BCUT2D eigenvalue weighted by Crippen LogP contribution is -2.48. The molecule has 1 aliphatic heterocycles. The first-order chi connectivity index (χ1) is 22.3. The number of nitrogens with zero attached hydrogens (tertiary/aromatic N) is 1. The number of hydrogen-bond acceptors (Lipinski definition) is 9. The zero-order valence-corrected chi connectivity index (χ0v) is 25.3. The SMILES string of the molecule is O=C(CC[C@H](CC(=O)[C@@H]1CCC(=O)N1C(=O)CNC(=O)OCc1ccccc1)C(=O)OCc1ccccc1)OCc1ccccc1. The predicted octanol–water partition coefficient (Wildman–Crippen LogP) is 4.27. The Morgan fingerprint density at radius 3 is 1.83 bits per heavy atom. The minimum atomic E-state index is -1.11. The van der Waals surface area contributed by atoms with Gasteiger partial charge in [-0.2, -0.15) is 0 Å². The van der Waals surface area contributed by atoms with E-state index in [9.17, 15) is 28.8 Å². The lowest BCUT2D eigenvalue weighted by molar-refractivity contribution is -0.153. The Morgan fingerprint density at radius 1 is 0.739 bits per heavy atom. The molecule has 0 aliphatic carbocycles. The molecule has 2 atom stereocenters. The van der Waals surface area contributed by atoms with Gasteiger partial charge in [-0.1, -0.05) is 91.0 Å². The molecule has 0 saturated carbocycles. The molecule has 1 aliphatic rings. The van der Waals surface area contributed by atoms with Crippen LogP contribution >= 0.6 is 0 Å². The maximum Gasteiger partial charge on any atom is 0.407 e. The number of likely N-dealkylation sites (tertiary alicyclic amines) is 1. The fourth-order valence-electron chi connectivity index (χ4n) is 4.94. The van der Waals surface area contributed by atoms with Crippen molar-refractivity contribution < 1.29 is 43.0 Å². The van der Waals surface area contributed by atoms with E-state index >= 15 is 0 Å². The molecule has 3 amide bonds. The minimum absolute atomic E-state index is 0.00776. The van der Waals surface area contributed by atoms with Crippen molar-refractivity contribution in [1.82, 2.24) is 10.2 Å². The lowest BCUT2D eigenvalue weighted by atomic mass is 9.93. The highest BCUT2D eigenvalue weighted by Gasteiger charge is 2.41. The number of carbonyl (C=O) groups is 6. The maximum atomic E-state index is 13.5. The second-order valence-corrected chi connectivity index (χ2v) is 10.8. The van der Waals surface area contributed by atoms with Gasteiger partial charge >= 0.3 is 18.0 Å². The predicted molar refractivity (Wildman–Crippen MR) is 164 cm³/mol. The number of carbonyl (C=O) groups excluding carboxylic acids is 6. The van der Waals surface area contributed by atoms with Crippen LogP contribution in [-0.4, -0.2) is 53.1 Å². The fraction of sp³-hybridized carbons (Fsp3) is 0.314. The molecular formula is C35H36N2O9. The Labute approximate surface area is 266 Å². The van der Waals surface area contributed by atoms with E-state index < -0.39 is 54.1 Å². The van der Waals surface area contributed by atoms with Gasteiger partial charge in [-0.3, -0.25) is 28.9 Å². The maximum absolute atomic E-state index is 13.5. The Morgan fingerprint density at radius 2 is 1.26 bits per heavy atom. The summed E-state index contributed by atoms with van der Waals surface area (Å²) in [6.07, 6.45) is -1.36. The molecule has 11 heteroatoms. The van der Waals surface area contributed by atoms with E-state index in [0.29, 0.717) is 0 Å². The van der Waals surface area contributed by atoms with E-state index in [1.165, 1.54) is 0 Å². The van der Waals surface area contributed by atoms with E-state index in [4.69, 9.17) is 14.2 Å². The molecule has 240 valence electrons. The second-order valence-electron chi connectivity index (χ2n) is 10.8. The van der Waals surface area contributed by atoms with Crippen LogP contribution in [0.5, 0.6) is 0 Å². The van der Waals surface area contributed by atoms with Gasteiger partial charge in [0.05, 0.1) is 12.0 Å². The molecule has 1 heterocycles. The fourth-order valence-corrected chi connectivity index (χ4v) is 4.94. The van der Waals surface area contributed by atoms with Crippen molar-refractivity contribution in [3.8, 4) is 0 Å². The number of alkyl carbamates (subject to hydrolysis) is 1. The Hall–Kier alpha value is -5.32. The van der Waals surface area contributed by atoms with Gasteiger partial charge in [-0.05, 0) is 29.5 Å². The normalized spacial score (nSPS) is 14.7. The molecule has 1 fully saturated rings. The second kappa shape index (κ2) is 17.2. The van der Waals surface area contributed by atoms with Gasteiger partial charge in [0, 0.05) is 19.3 Å². The van der Waals surface area contributed by atoms with Crippen LogP contribution in [0.25, 0.3) is 0 Å². The topological polar surface area (TPSA) is 145 Å². The summed E-state index contributed by atoms with van der Waals surface area (Å²) in [6, 6.07) is 26.0. The van der Waals surface area contributed by atoms with Crippen LogP contribution in [0, 0.1) is 5.92 Å². The summed E-state index contributed by atoms with van der Waals surface area (Å²) < 4.78 is 15.9. The number of hydrogen-bond donors (Lipinski definition) is 1. The molecule has 0 radical (unpaired) electrons. The summed E-state index contributed by atoms with van der Waals surface area (Å²) in [6.45, 7) is -0.524. The highest BCUT2D eigenvalue weighted by molar-refractivity contribution is 6.04. The molecule has 4 rings (SSSR count). The quantitative estimate of drug-likeness (QED) is 0.193. The average molecular weight is 629 g/mol.